The van der Waals surface area contributed by atoms with Crippen molar-refractivity contribution in [1.82, 2.24) is 9.97 Å². The van der Waals surface area contributed by atoms with E-state index in [1.807, 2.05) is 6.07 Å². The molecule has 1 aromatic heterocycles. The monoisotopic (exact) mass is 235 g/mol. The van der Waals surface area contributed by atoms with Crippen LogP contribution in [-0.2, 0) is 9.53 Å². The summed E-state index contributed by atoms with van der Waals surface area (Å²) in [5.74, 6) is -0.310. The number of methoxy groups -OCH3 is 1. The van der Waals surface area contributed by atoms with Gasteiger partial charge < -0.3 is 19.6 Å². The van der Waals surface area contributed by atoms with E-state index in [0.717, 1.165) is 11.2 Å². The number of carbonyl (C=O) groups excluding carboxylic acids is 1. The summed E-state index contributed by atoms with van der Waals surface area (Å²) in [4.78, 5) is 29.3. The van der Waals surface area contributed by atoms with Crippen LogP contribution in [0.15, 0.2) is 23.0 Å². The minimum absolute atomic E-state index is 0.163. The smallest absolute Gasteiger partial charge is 0.325 e. The molecule has 0 amide bonds. The molecule has 0 fully saturated rings. The Hall–Kier alpha value is -2.24. The van der Waals surface area contributed by atoms with E-state index < -0.39 is 0 Å². The van der Waals surface area contributed by atoms with Gasteiger partial charge in [-0.3, -0.25) is 4.79 Å². The summed E-state index contributed by atoms with van der Waals surface area (Å²) >= 11 is 0. The summed E-state index contributed by atoms with van der Waals surface area (Å²) in [6.07, 6.45) is 0. The number of H-pyrrole nitrogens is 2. The first kappa shape index (κ1) is 11.3. The number of aromatic nitrogens is 2. The Labute approximate surface area is 97.2 Å². The molecule has 0 saturated carbocycles. The molecule has 0 aliphatic carbocycles. The summed E-state index contributed by atoms with van der Waals surface area (Å²) in [7, 11) is 3.13. The molecule has 90 valence electrons. The summed E-state index contributed by atoms with van der Waals surface area (Å²) in [5, 5.41) is 0. The van der Waals surface area contributed by atoms with Crippen LogP contribution in [0.4, 0.5) is 5.69 Å². The highest BCUT2D eigenvalue weighted by molar-refractivity contribution is 5.81. The van der Waals surface area contributed by atoms with Crippen LogP contribution in [0.2, 0.25) is 0 Å². The third-order valence-electron chi connectivity index (χ3n) is 2.53. The van der Waals surface area contributed by atoms with Crippen molar-refractivity contribution in [3.63, 3.8) is 0 Å². The van der Waals surface area contributed by atoms with Gasteiger partial charge in [0.15, 0.2) is 0 Å². The standard InChI is InChI=1S/C11H13N3O3/c1-14(6-10(15)17-2)7-3-4-8-9(5-7)13-11(16)12-8/h3-5H,6H2,1-2H3,(H2,12,13,16). The van der Waals surface area contributed by atoms with Gasteiger partial charge in [-0.05, 0) is 18.2 Å². The maximum Gasteiger partial charge on any atom is 0.325 e. The van der Waals surface area contributed by atoms with Crippen LogP contribution in [0.3, 0.4) is 0 Å². The van der Waals surface area contributed by atoms with Crippen molar-refractivity contribution in [2.75, 3.05) is 25.6 Å². The van der Waals surface area contributed by atoms with E-state index in [9.17, 15) is 9.59 Å². The molecule has 0 saturated heterocycles. The number of hydrogen-bond acceptors (Lipinski definition) is 4. The molecule has 2 rings (SSSR count). The zero-order chi connectivity index (χ0) is 12.4. The molecule has 1 aromatic carbocycles. The number of carbonyl (C=O) groups is 1. The molecular weight excluding hydrogens is 222 g/mol. The number of nitrogens with one attached hydrogen (secondary N) is 2. The molecular formula is C11H13N3O3. The lowest BCUT2D eigenvalue weighted by atomic mass is 10.2. The quantitative estimate of drug-likeness (QED) is 0.758. The van der Waals surface area contributed by atoms with Crippen molar-refractivity contribution >= 4 is 22.7 Å². The number of ether oxygens (including phenoxy) is 1. The summed E-state index contributed by atoms with van der Waals surface area (Å²) in [6.45, 7) is 0.163. The number of hydrogen-bond donors (Lipinski definition) is 2. The molecule has 0 aliphatic rings. The fourth-order valence-electron chi connectivity index (χ4n) is 1.61. The number of anilines is 1. The van der Waals surface area contributed by atoms with Crippen LogP contribution < -0.4 is 10.6 Å². The van der Waals surface area contributed by atoms with Gasteiger partial charge in [-0.25, -0.2) is 4.79 Å². The second-order valence-corrected chi connectivity index (χ2v) is 3.74. The van der Waals surface area contributed by atoms with Gasteiger partial charge in [-0.2, -0.15) is 0 Å². The van der Waals surface area contributed by atoms with Crippen LogP contribution in [0.5, 0.6) is 0 Å². The SMILES string of the molecule is COC(=O)CN(C)c1ccc2[nH]c(=O)[nH]c2c1. The van der Waals surface area contributed by atoms with E-state index in [2.05, 4.69) is 14.7 Å². The van der Waals surface area contributed by atoms with E-state index in [1.54, 1.807) is 24.1 Å². The zero-order valence-electron chi connectivity index (χ0n) is 9.61. The second-order valence-electron chi connectivity index (χ2n) is 3.74. The second kappa shape index (κ2) is 4.32. The van der Waals surface area contributed by atoms with E-state index in [4.69, 9.17) is 0 Å². The van der Waals surface area contributed by atoms with Gasteiger partial charge in [0.25, 0.3) is 0 Å². The number of rotatable bonds is 3. The molecule has 0 atom stereocenters. The minimum atomic E-state index is -0.310. The summed E-state index contributed by atoms with van der Waals surface area (Å²) in [6, 6.07) is 5.42. The highest BCUT2D eigenvalue weighted by Crippen LogP contribution is 2.17. The van der Waals surface area contributed by atoms with Crippen LogP contribution in [0, 0.1) is 0 Å². The highest BCUT2D eigenvalue weighted by atomic mass is 16.5. The average molecular weight is 235 g/mol. The Balaban J connectivity index is 2.29. The van der Waals surface area contributed by atoms with Crippen LogP contribution in [-0.4, -0.2) is 36.6 Å². The largest absolute Gasteiger partial charge is 0.468 e. The third kappa shape index (κ3) is 2.30. The number of benzene rings is 1. The fourth-order valence-corrected chi connectivity index (χ4v) is 1.61. The van der Waals surface area contributed by atoms with Gasteiger partial charge >= 0.3 is 11.7 Å². The van der Waals surface area contributed by atoms with Gasteiger partial charge in [-0.15, -0.1) is 0 Å². The maximum absolute atomic E-state index is 11.1. The lowest BCUT2D eigenvalue weighted by molar-refractivity contribution is -0.138. The number of nitrogens with zero attached hydrogens (tertiary/aromatic N) is 1. The van der Waals surface area contributed by atoms with Gasteiger partial charge in [0, 0.05) is 12.7 Å². The Morgan fingerprint density at radius 3 is 2.76 bits per heavy atom. The molecule has 0 unspecified atom stereocenters. The average Bonchev–Trinajstić information content (AvgIpc) is 2.67. The van der Waals surface area contributed by atoms with E-state index in [-0.39, 0.29) is 18.2 Å². The van der Waals surface area contributed by atoms with Crippen molar-refractivity contribution in [1.29, 1.82) is 0 Å². The number of fused-ring (bicyclic) bond motifs is 1. The Bertz CT molecular complexity index is 599. The first-order valence-corrected chi connectivity index (χ1v) is 5.10. The van der Waals surface area contributed by atoms with E-state index >= 15 is 0 Å². The molecule has 0 spiro atoms. The molecule has 0 aliphatic heterocycles. The molecule has 6 nitrogen and oxygen atoms in total. The molecule has 0 bridgehead atoms. The summed E-state index contributed by atoms with van der Waals surface area (Å²) < 4.78 is 4.59. The van der Waals surface area contributed by atoms with Gasteiger partial charge in [0.2, 0.25) is 0 Å². The molecule has 17 heavy (non-hydrogen) atoms. The lowest BCUT2D eigenvalue weighted by Crippen LogP contribution is -2.26. The van der Waals surface area contributed by atoms with Crippen molar-refractivity contribution in [2.45, 2.75) is 0 Å². The summed E-state index contributed by atoms with van der Waals surface area (Å²) in [5.41, 5.74) is 2.04. The highest BCUT2D eigenvalue weighted by Gasteiger charge is 2.08. The third-order valence-corrected chi connectivity index (χ3v) is 2.53. The van der Waals surface area contributed by atoms with Crippen LogP contribution >= 0.6 is 0 Å². The molecule has 6 heteroatoms. The van der Waals surface area contributed by atoms with Crippen molar-refractivity contribution in [3.05, 3.63) is 28.7 Å². The predicted molar refractivity (Wildman–Crippen MR) is 64.2 cm³/mol. The minimum Gasteiger partial charge on any atom is -0.468 e. The Morgan fingerprint density at radius 1 is 1.35 bits per heavy atom. The van der Waals surface area contributed by atoms with E-state index in [1.165, 1.54) is 7.11 Å². The molecule has 2 aromatic rings. The molecule has 0 radical (unpaired) electrons. The normalized spacial score (nSPS) is 10.5. The Morgan fingerprint density at radius 2 is 2.06 bits per heavy atom. The fraction of sp³-hybridized carbons (Fsp3) is 0.273. The van der Waals surface area contributed by atoms with Crippen molar-refractivity contribution < 1.29 is 9.53 Å². The maximum atomic E-state index is 11.1. The van der Waals surface area contributed by atoms with E-state index in [0.29, 0.717) is 5.52 Å². The lowest BCUT2D eigenvalue weighted by Gasteiger charge is -2.17. The zero-order valence-corrected chi connectivity index (χ0v) is 9.61. The first-order valence-electron chi connectivity index (χ1n) is 5.10. The first-order chi connectivity index (χ1) is 8.10. The van der Waals surface area contributed by atoms with Crippen LogP contribution in [0.1, 0.15) is 0 Å². The number of aromatic amines is 2. The van der Waals surface area contributed by atoms with Crippen molar-refractivity contribution in [3.8, 4) is 0 Å². The number of likely N-dealkylation sites (N-methyl/N-ethyl adjacent to an activating group) is 1. The molecule has 1 heterocycles. The van der Waals surface area contributed by atoms with Crippen molar-refractivity contribution in [2.24, 2.45) is 0 Å². The number of esters is 1. The van der Waals surface area contributed by atoms with Gasteiger partial charge in [-0.1, -0.05) is 0 Å². The number of imidazole rings is 1. The van der Waals surface area contributed by atoms with Crippen LogP contribution in [0.25, 0.3) is 11.0 Å². The molecule has 2 N–H and O–H groups in total. The Kier molecular flexibility index (Phi) is 2.86. The van der Waals surface area contributed by atoms with Gasteiger partial charge in [0.1, 0.15) is 6.54 Å². The predicted octanol–water partition coefficient (Wildman–Crippen LogP) is 0.465. The topological polar surface area (TPSA) is 78.2 Å². The van der Waals surface area contributed by atoms with Gasteiger partial charge in [0.05, 0.1) is 18.1 Å².